The van der Waals surface area contributed by atoms with E-state index in [0.29, 0.717) is 6.42 Å². The number of hydrogen-bond donors (Lipinski definition) is 15. The molecule has 0 aromatic heterocycles. The molecule has 22 N–H and O–H groups in total. The number of aliphatic imine (C=N–C) groups is 2. The molecule has 1 rings (SSSR count). The predicted molar refractivity (Wildman–Crippen MR) is 252 cm³/mol. The van der Waals surface area contributed by atoms with Crippen LogP contribution in [0, 0.1) is 5.92 Å². The average molecular weight is 996 g/mol. The third-order valence-electron chi connectivity index (χ3n) is 10.8. The van der Waals surface area contributed by atoms with Crippen LogP contribution in [0.3, 0.4) is 0 Å². The van der Waals surface area contributed by atoms with Crippen molar-refractivity contribution in [3.05, 3.63) is 0 Å². The van der Waals surface area contributed by atoms with Gasteiger partial charge in [-0.25, -0.2) is 4.79 Å². The van der Waals surface area contributed by atoms with Gasteiger partial charge in [-0.3, -0.25) is 57.9 Å². The second-order valence-corrected chi connectivity index (χ2v) is 17.1. The Morgan fingerprint density at radius 2 is 1.01 bits per heavy atom. The fourth-order valence-electron chi connectivity index (χ4n) is 6.82. The van der Waals surface area contributed by atoms with E-state index < -0.39 is 125 Å². The number of likely N-dealkylation sites (tertiary alicyclic amines) is 1. The maximum Gasteiger partial charge on any atom is 0.326 e. The monoisotopic (exact) mass is 996 g/mol. The third-order valence-corrected chi connectivity index (χ3v) is 10.8. The van der Waals surface area contributed by atoms with Gasteiger partial charge in [0.25, 0.3) is 0 Å². The molecule has 29 heteroatoms. The van der Waals surface area contributed by atoms with E-state index in [1.165, 1.54) is 25.7 Å². The van der Waals surface area contributed by atoms with Crippen LogP contribution in [0.4, 0.5) is 0 Å². The second kappa shape index (κ2) is 30.2. The minimum Gasteiger partial charge on any atom is -0.480 e. The van der Waals surface area contributed by atoms with Gasteiger partial charge in [0, 0.05) is 32.5 Å². The van der Waals surface area contributed by atoms with Gasteiger partial charge in [0.15, 0.2) is 11.9 Å². The van der Waals surface area contributed by atoms with E-state index in [1.807, 2.05) is 0 Å². The number of primary amides is 2. The molecule has 70 heavy (non-hydrogen) atoms. The number of carbonyl (C=O) groups excluding carboxylic acids is 10. The molecule has 1 fully saturated rings. The number of nitrogens with two attached hydrogens (primary N) is 7. The first-order valence-corrected chi connectivity index (χ1v) is 22.7. The molecule has 1 aliphatic rings. The molecule has 394 valence electrons. The van der Waals surface area contributed by atoms with E-state index in [9.17, 15) is 57.8 Å². The van der Waals surface area contributed by atoms with Gasteiger partial charge in [0.05, 0.1) is 6.04 Å². The highest BCUT2D eigenvalue weighted by Gasteiger charge is 2.39. The van der Waals surface area contributed by atoms with Gasteiger partial charge in [-0.1, -0.05) is 13.8 Å². The number of nitrogens with one attached hydrogen (secondary N) is 7. The molecule has 29 nitrogen and oxygen atoms in total. The lowest BCUT2D eigenvalue weighted by atomic mass is 10.0. The Bertz CT molecular complexity index is 1940. The van der Waals surface area contributed by atoms with E-state index in [-0.39, 0.29) is 89.3 Å². The molecule has 0 bridgehead atoms. The van der Waals surface area contributed by atoms with Gasteiger partial charge in [0.2, 0.25) is 59.1 Å². The number of aliphatic carboxylic acids is 1. The molecule has 0 radical (unpaired) electrons. The van der Waals surface area contributed by atoms with Crippen molar-refractivity contribution in [2.75, 3.05) is 19.6 Å². The largest absolute Gasteiger partial charge is 0.480 e. The van der Waals surface area contributed by atoms with Crippen LogP contribution in [0.25, 0.3) is 0 Å². The molecule has 9 atom stereocenters. The van der Waals surface area contributed by atoms with Gasteiger partial charge < -0.3 is 87.4 Å². The summed E-state index contributed by atoms with van der Waals surface area (Å²) in [6, 6.07) is -11.3. The first-order valence-electron chi connectivity index (χ1n) is 22.7. The fourth-order valence-corrected chi connectivity index (χ4v) is 6.82. The first-order chi connectivity index (χ1) is 32.7. The van der Waals surface area contributed by atoms with E-state index in [4.69, 9.17) is 40.1 Å². The lowest BCUT2D eigenvalue weighted by Crippen LogP contribution is -2.60. The minimum atomic E-state index is -1.36. The third kappa shape index (κ3) is 22.2. The van der Waals surface area contributed by atoms with Gasteiger partial charge in [0.1, 0.15) is 48.3 Å². The van der Waals surface area contributed by atoms with Crippen LogP contribution in [0.1, 0.15) is 98.8 Å². The average Bonchev–Trinajstić information content (AvgIpc) is 3.77. The predicted octanol–water partition coefficient (Wildman–Crippen LogP) is -6.86. The van der Waals surface area contributed by atoms with Gasteiger partial charge in [-0.15, -0.1) is 0 Å². The maximum absolute atomic E-state index is 13.7. The van der Waals surface area contributed by atoms with Crippen molar-refractivity contribution in [2.45, 2.75) is 153 Å². The Hall–Kier alpha value is -7.33. The number of carboxylic acids is 1. The number of amides is 10. The molecule has 1 saturated heterocycles. The molecule has 0 unspecified atom stereocenters. The summed E-state index contributed by atoms with van der Waals surface area (Å²) in [5.41, 5.74) is 37.6. The van der Waals surface area contributed by atoms with Crippen LogP contribution in [0.2, 0.25) is 0 Å². The summed E-state index contributed by atoms with van der Waals surface area (Å²) in [5, 5.41) is 27.1. The second-order valence-electron chi connectivity index (χ2n) is 17.1. The lowest BCUT2D eigenvalue weighted by Gasteiger charge is -2.30. The quantitative estimate of drug-likeness (QED) is 0.0174. The van der Waals surface area contributed by atoms with Crippen LogP contribution in [-0.2, 0) is 52.7 Å². The summed E-state index contributed by atoms with van der Waals surface area (Å²) in [4.78, 5) is 150. The maximum atomic E-state index is 13.7. The lowest BCUT2D eigenvalue weighted by molar-refractivity contribution is -0.142. The normalized spacial score (nSPS) is 16.5. The molecular weight excluding hydrogens is 923 g/mol. The molecule has 0 spiro atoms. The van der Waals surface area contributed by atoms with Crippen LogP contribution < -0.4 is 77.4 Å². The molecule has 0 aliphatic carbocycles. The zero-order chi connectivity index (χ0) is 53.4. The van der Waals surface area contributed by atoms with Crippen LogP contribution in [0.15, 0.2) is 9.98 Å². The van der Waals surface area contributed by atoms with Gasteiger partial charge >= 0.3 is 5.97 Å². The highest BCUT2D eigenvalue weighted by atomic mass is 16.4. The topological polar surface area (TPSA) is 502 Å². The van der Waals surface area contributed by atoms with Crippen molar-refractivity contribution in [3.63, 3.8) is 0 Å². The van der Waals surface area contributed by atoms with Crippen molar-refractivity contribution in [3.8, 4) is 0 Å². The number of carboxylic acid groups (broad SMARTS) is 1. The van der Waals surface area contributed by atoms with Crippen molar-refractivity contribution in [2.24, 2.45) is 56.0 Å². The standard InChI is InChI=1S/C41H73N17O12/c1-19(2)30(37(67)53-21(4)32(62)54-24(9-6-16-49-40(45)46)35(65)56-26(39(69)70)10-7-17-50-41(47)48)57-33(63)22(5)51-31(61)20(3)52-36(66)27-11-8-18-58(27)38(68)25(13-15-29(44)60)55-34(64)23(42)12-14-28(43)59/h19-27,30H,6-18,42H2,1-5H3,(H2,43,59)(H2,44,60)(H,51,61)(H,52,66)(H,53,67)(H,54,62)(H,55,64)(H,56,65)(H,57,63)(H,69,70)(H4,45,46,49)(H4,47,48,50)/t20-,21-,22-,23-,24-,25-,26-,27-,30-/m0/s1. The highest BCUT2D eigenvalue weighted by molar-refractivity contribution is 5.98. The summed E-state index contributed by atoms with van der Waals surface area (Å²) >= 11 is 0. The Kier molecular flexibility index (Phi) is 26.2. The van der Waals surface area contributed by atoms with E-state index >= 15 is 0 Å². The first kappa shape index (κ1) is 60.7. The minimum absolute atomic E-state index is 0.0374. The van der Waals surface area contributed by atoms with Crippen LogP contribution in [0.5, 0.6) is 0 Å². The highest BCUT2D eigenvalue weighted by Crippen LogP contribution is 2.20. The number of nitrogens with zero attached hydrogens (tertiary/aromatic N) is 3. The smallest absolute Gasteiger partial charge is 0.326 e. The molecule has 0 saturated carbocycles. The number of guanidine groups is 2. The fraction of sp³-hybridized carbons (Fsp3) is 0.683. The van der Waals surface area contributed by atoms with Crippen LogP contribution in [-0.4, -0.2) is 161 Å². The zero-order valence-corrected chi connectivity index (χ0v) is 40.3. The van der Waals surface area contributed by atoms with E-state index in [2.05, 4.69) is 47.2 Å². The molecule has 0 aromatic carbocycles. The Morgan fingerprint density at radius 3 is 1.53 bits per heavy atom. The Labute approximate surface area is 405 Å². The molecule has 0 aromatic rings. The summed E-state index contributed by atoms with van der Waals surface area (Å²) in [5.74, 6) is -10.1. The summed E-state index contributed by atoms with van der Waals surface area (Å²) in [7, 11) is 0. The van der Waals surface area contributed by atoms with E-state index in [0.717, 1.165) is 0 Å². The Balaban J connectivity index is 2.99. The molecule has 1 aliphatic heterocycles. The summed E-state index contributed by atoms with van der Waals surface area (Å²) < 4.78 is 0. The molecular formula is C41H73N17O12. The van der Waals surface area contributed by atoms with Crippen molar-refractivity contribution in [1.29, 1.82) is 0 Å². The van der Waals surface area contributed by atoms with Crippen molar-refractivity contribution in [1.82, 2.24) is 42.1 Å². The van der Waals surface area contributed by atoms with E-state index in [1.54, 1.807) is 13.8 Å². The summed E-state index contributed by atoms with van der Waals surface area (Å²) in [6.07, 6.45) is 0.0590. The number of carbonyl (C=O) groups is 11. The van der Waals surface area contributed by atoms with Crippen LogP contribution >= 0.6 is 0 Å². The molecule has 10 amide bonds. The van der Waals surface area contributed by atoms with Crippen molar-refractivity contribution < 1.29 is 57.8 Å². The Morgan fingerprint density at radius 1 is 0.557 bits per heavy atom. The zero-order valence-electron chi connectivity index (χ0n) is 40.3. The SMILES string of the molecule is CC(C)[C@H](NC(=O)[C@H](C)NC(=O)[C@H](C)NC(=O)[C@@H]1CCCN1C(=O)[C@H](CCC(N)=O)NC(=O)[C@@H](N)CCC(N)=O)C(=O)N[C@@H](C)C(=O)N[C@@H](CCCN=C(N)N)C(=O)N[C@@H](CCCN=C(N)N)C(=O)O. The number of hydrogen-bond acceptors (Lipinski definition) is 14. The van der Waals surface area contributed by atoms with Crippen molar-refractivity contribution >= 4 is 77.0 Å². The van der Waals surface area contributed by atoms with Gasteiger partial charge in [-0.2, -0.15) is 0 Å². The summed E-state index contributed by atoms with van der Waals surface area (Å²) in [6.45, 7) is 7.46. The molecule has 1 heterocycles. The van der Waals surface area contributed by atoms with Gasteiger partial charge in [-0.05, 0) is 78.1 Å². The number of rotatable bonds is 31.